The zero-order chi connectivity index (χ0) is 50.7. The van der Waals surface area contributed by atoms with Gasteiger partial charge >= 0.3 is 17.9 Å². The molecule has 0 aromatic carbocycles. The Labute approximate surface area is 435 Å². The Kier molecular flexibility index (Phi) is 57.2. The molecule has 0 amide bonds. The van der Waals surface area contributed by atoms with E-state index >= 15 is 0 Å². The summed E-state index contributed by atoms with van der Waals surface area (Å²) in [5.41, 5.74) is 0. The largest absolute Gasteiger partial charge is 0.462 e. The van der Waals surface area contributed by atoms with Gasteiger partial charge < -0.3 is 14.2 Å². The fourth-order valence-corrected chi connectivity index (χ4v) is 9.28. The van der Waals surface area contributed by atoms with Crippen molar-refractivity contribution in [2.75, 3.05) is 13.2 Å². The molecular formula is C64H118O6. The smallest absolute Gasteiger partial charge is 0.306 e. The van der Waals surface area contributed by atoms with E-state index in [1.54, 1.807) is 0 Å². The third-order valence-corrected chi connectivity index (χ3v) is 13.9. The average Bonchev–Trinajstić information content (AvgIpc) is 3.36. The number of hydrogen-bond acceptors (Lipinski definition) is 6. The van der Waals surface area contributed by atoms with Crippen molar-refractivity contribution in [1.29, 1.82) is 0 Å². The molecule has 0 bridgehead atoms. The lowest BCUT2D eigenvalue weighted by molar-refractivity contribution is -0.167. The van der Waals surface area contributed by atoms with Gasteiger partial charge in [-0.05, 0) is 51.4 Å². The monoisotopic (exact) mass is 983 g/mol. The number of carbonyl (C=O) groups is 3. The van der Waals surface area contributed by atoms with Crippen molar-refractivity contribution in [3.63, 3.8) is 0 Å². The zero-order valence-corrected chi connectivity index (χ0v) is 47.1. The molecule has 0 rings (SSSR count). The SMILES string of the molecule is CC/C=C\C/C=C\C/C=C\CCCCCCCC(=O)OC(COC(=O)CCCCCCCCCCCCCCCC)COC(=O)CCCCCCCCCCCCCCCCCCCCCCCCC. The molecule has 1 unspecified atom stereocenters. The summed E-state index contributed by atoms with van der Waals surface area (Å²) >= 11 is 0. The molecule has 0 radical (unpaired) electrons. The molecular weight excluding hydrogens is 865 g/mol. The first kappa shape index (κ1) is 67.6. The van der Waals surface area contributed by atoms with Crippen LogP contribution in [0, 0.1) is 0 Å². The second-order valence-corrected chi connectivity index (χ2v) is 21.0. The van der Waals surface area contributed by atoms with Crippen molar-refractivity contribution >= 4 is 17.9 Å². The van der Waals surface area contributed by atoms with E-state index in [9.17, 15) is 14.4 Å². The standard InChI is InChI=1S/C64H118O6/c1-4-7-10-13-16-19-22-25-28-29-30-31-32-33-34-35-37-39-42-45-48-51-54-57-63(66)69-60-61(59-68-62(65)56-53-50-47-44-41-38-27-24-21-18-15-12-9-6-3)70-64(67)58-55-52-49-46-43-40-36-26-23-20-17-14-11-8-5-2/h8,11,17,20,26,36,61H,4-7,9-10,12-16,18-19,21-25,27-35,37-60H2,1-3H3/b11-8-,20-17-,36-26-. The topological polar surface area (TPSA) is 78.9 Å². The molecule has 410 valence electrons. The van der Waals surface area contributed by atoms with Gasteiger partial charge in [0.1, 0.15) is 13.2 Å². The van der Waals surface area contributed by atoms with Gasteiger partial charge in [-0.15, -0.1) is 0 Å². The van der Waals surface area contributed by atoms with Crippen LogP contribution in [0.3, 0.4) is 0 Å². The van der Waals surface area contributed by atoms with Crippen molar-refractivity contribution < 1.29 is 28.6 Å². The Morgan fingerprint density at radius 3 is 0.871 bits per heavy atom. The van der Waals surface area contributed by atoms with Crippen LogP contribution in [-0.4, -0.2) is 37.2 Å². The van der Waals surface area contributed by atoms with Gasteiger partial charge in [0.25, 0.3) is 0 Å². The number of unbranched alkanes of at least 4 members (excludes halogenated alkanes) is 40. The quantitative estimate of drug-likeness (QED) is 0.0261. The molecule has 0 saturated carbocycles. The van der Waals surface area contributed by atoms with Crippen molar-refractivity contribution in [3.05, 3.63) is 36.5 Å². The van der Waals surface area contributed by atoms with Gasteiger partial charge in [-0.3, -0.25) is 14.4 Å². The highest BCUT2D eigenvalue weighted by atomic mass is 16.6. The van der Waals surface area contributed by atoms with Crippen LogP contribution >= 0.6 is 0 Å². The summed E-state index contributed by atoms with van der Waals surface area (Å²) in [4.78, 5) is 38.2. The minimum atomic E-state index is -0.777. The Morgan fingerprint density at radius 1 is 0.300 bits per heavy atom. The van der Waals surface area contributed by atoms with E-state index < -0.39 is 6.10 Å². The number of carbonyl (C=O) groups excluding carboxylic acids is 3. The molecule has 0 spiro atoms. The van der Waals surface area contributed by atoms with E-state index in [2.05, 4.69) is 57.2 Å². The molecule has 0 N–H and O–H groups in total. The maximum Gasteiger partial charge on any atom is 0.306 e. The molecule has 0 aromatic heterocycles. The summed E-state index contributed by atoms with van der Waals surface area (Å²) in [6, 6.07) is 0. The lowest BCUT2D eigenvalue weighted by Crippen LogP contribution is -2.30. The molecule has 0 aliphatic heterocycles. The molecule has 1 atom stereocenters. The predicted molar refractivity (Wildman–Crippen MR) is 302 cm³/mol. The number of allylic oxidation sites excluding steroid dienone is 6. The van der Waals surface area contributed by atoms with E-state index in [0.29, 0.717) is 19.3 Å². The first-order valence-electron chi connectivity index (χ1n) is 31.0. The van der Waals surface area contributed by atoms with Crippen molar-refractivity contribution in [3.8, 4) is 0 Å². The van der Waals surface area contributed by atoms with Gasteiger partial charge in [-0.25, -0.2) is 0 Å². The highest BCUT2D eigenvalue weighted by Gasteiger charge is 2.19. The Hall–Kier alpha value is -2.37. The maximum absolute atomic E-state index is 12.9. The Balaban J connectivity index is 4.26. The van der Waals surface area contributed by atoms with Crippen LogP contribution in [0.1, 0.15) is 335 Å². The van der Waals surface area contributed by atoms with E-state index in [-0.39, 0.29) is 31.1 Å². The molecule has 6 heteroatoms. The summed E-state index contributed by atoms with van der Waals surface area (Å²) in [6.45, 7) is 6.57. The minimum Gasteiger partial charge on any atom is -0.462 e. The molecule has 70 heavy (non-hydrogen) atoms. The summed E-state index contributed by atoms with van der Waals surface area (Å²) in [6.07, 6.45) is 71.5. The molecule has 0 fully saturated rings. The van der Waals surface area contributed by atoms with E-state index in [4.69, 9.17) is 14.2 Å². The zero-order valence-electron chi connectivity index (χ0n) is 47.1. The third-order valence-electron chi connectivity index (χ3n) is 13.9. The number of rotatable bonds is 57. The molecule has 6 nitrogen and oxygen atoms in total. The molecule has 0 aliphatic carbocycles. The van der Waals surface area contributed by atoms with Crippen molar-refractivity contribution in [1.82, 2.24) is 0 Å². The average molecular weight is 984 g/mol. The Morgan fingerprint density at radius 2 is 0.557 bits per heavy atom. The number of hydrogen-bond donors (Lipinski definition) is 0. The second kappa shape index (κ2) is 59.2. The van der Waals surface area contributed by atoms with E-state index in [0.717, 1.165) is 96.3 Å². The highest BCUT2D eigenvalue weighted by Crippen LogP contribution is 2.18. The van der Waals surface area contributed by atoms with Crippen LogP contribution in [0.4, 0.5) is 0 Å². The van der Waals surface area contributed by atoms with Gasteiger partial charge in [-0.1, -0.05) is 301 Å². The summed E-state index contributed by atoms with van der Waals surface area (Å²) in [5.74, 6) is -0.869. The lowest BCUT2D eigenvalue weighted by atomic mass is 10.0. The minimum absolute atomic E-state index is 0.0741. The first-order valence-corrected chi connectivity index (χ1v) is 31.0. The fraction of sp³-hybridized carbons (Fsp3) is 0.859. The molecule has 0 aliphatic rings. The van der Waals surface area contributed by atoms with Gasteiger partial charge in [0.05, 0.1) is 0 Å². The van der Waals surface area contributed by atoms with Gasteiger partial charge in [0.2, 0.25) is 0 Å². The van der Waals surface area contributed by atoms with Crippen molar-refractivity contribution in [2.45, 2.75) is 341 Å². The van der Waals surface area contributed by atoms with Crippen LogP contribution in [0.5, 0.6) is 0 Å². The van der Waals surface area contributed by atoms with Gasteiger partial charge in [-0.2, -0.15) is 0 Å². The molecule has 0 aromatic rings. The van der Waals surface area contributed by atoms with E-state index in [1.165, 1.54) is 199 Å². The second-order valence-electron chi connectivity index (χ2n) is 21.0. The summed E-state index contributed by atoms with van der Waals surface area (Å²) < 4.78 is 16.9. The third kappa shape index (κ3) is 56.5. The normalized spacial score (nSPS) is 12.2. The highest BCUT2D eigenvalue weighted by molar-refractivity contribution is 5.71. The lowest BCUT2D eigenvalue weighted by Gasteiger charge is -2.18. The number of ether oxygens (including phenoxy) is 3. The van der Waals surface area contributed by atoms with Crippen molar-refractivity contribution in [2.24, 2.45) is 0 Å². The van der Waals surface area contributed by atoms with Gasteiger partial charge in [0, 0.05) is 19.3 Å². The fourth-order valence-electron chi connectivity index (χ4n) is 9.28. The first-order chi connectivity index (χ1) is 34.5. The molecule has 0 heterocycles. The van der Waals surface area contributed by atoms with Gasteiger partial charge in [0.15, 0.2) is 6.10 Å². The maximum atomic E-state index is 12.9. The van der Waals surface area contributed by atoms with Crippen LogP contribution in [0.15, 0.2) is 36.5 Å². The summed E-state index contributed by atoms with van der Waals surface area (Å²) in [5, 5.41) is 0. The number of esters is 3. The Bertz CT molecular complexity index is 1170. The predicted octanol–water partition coefficient (Wildman–Crippen LogP) is 20.8. The summed E-state index contributed by atoms with van der Waals surface area (Å²) in [7, 11) is 0. The van der Waals surface area contributed by atoms with E-state index in [1.807, 2.05) is 0 Å². The van der Waals surface area contributed by atoms with Crippen LogP contribution < -0.4 is 0 Å². The van der Waals surface area contributed by atoms with Crippen LogP contribution in [0.2, 0.25) is 0 Å². The van der Waals surface area contributed by atoms with Crippen LogP contribution in [-0.2, 0) is 28.6 Å². The van der Waals surface area contributed by atoms with Crippen LogP contribution in [0.25, 0.3) is 0 Å². The molecule has 0 saturated heterocycles.